The van der Waals surface area contributed by atoms with Crippen LogP contribution in [0, 0.1) is 13.8 Å². The van der Waals surface area contributed by atoms with E-state index in [2.05, 4.69) is 20.1 Å². The molecule has 0 amide bonds. The van der Waals surface area contributed by atoms with Crippen molar-refractivity contribution in [3.05, 3.63) is 11.4 Å². The van der Waals surface area contributed by atoms with E-state index in [4.69, 9.17) is 4.74 Å². The predicted molar refractivity (Wildman–Crippen MR) is 78.9 cm³/mol. The normalized spacial score (nSPS) is 26.4. The summed E-state index contributed by atoms with van der Waals surface area (Å²) in [6.07, 6.45) is 0.546. The van der Waals surface area contributed by atoms with Crippen molar-refractivity contribution >= 4 is 11.9 Å². The van der Waals surface area contributed by atoms with Crippen molar-refractivity contribution in [3.8, 4) is 0 Å². The lowest BCUT2D eigenvalue weighted by molar-refractivity contribution is -0.152. The summed E-state index contributed by atoms with van der Waals surface area (Å²) in [7, 11) is 0. The molecule has 0 bridgehead atoms. The molecule has 0 spiro atoms. The number of aliphatic carboxylic acids is 1. The van der Waals surface area contributed by atoms with Gasteiger partial charge in [-0.15, -0.1) is 5.10 Å². The second kappa shape index (κ2) is 5.77. The number of hydrogen-bond donors (Lipinski definition) is 1. The van der Waals surface area contributed by atoms with Gasteiger partial charge in [0.1, 0.15) is 5.54 Å². The van der Waals surface area contributed by atoms with Crippen LogP contribution in [0.15, 0.2) is 0 Å². The highest BCUT2D eigenvalue weighted by molar-refractivity contribution is 5.79. The summed E-state index contributed by atoms with van der Waals surface area (Å²) in [6, 6.07) is 0. The van der Waals surface area contributed by atoms with Crippen LogP contribution in [-0.2, 0) is 9.53 Å². The van der Waals surface area contributed by atoms with Gasteiger partial charge in [0, 0.05) is 39.2 Å². The molecular formula is C14H21N5O3. The van der Waals surface area contributed by atoms with Crippen molar-refractivity contribution < 1.29 is 14.6 Å². The van der Waals surface area contributed by atoms with Crippen molar-refractivity contribution in [2.45, 2.75) is 25.8 Å². The van der Waals surface area contributed by atoms with Gasteiger partial charge in [0.25, 0.3) is 0 Å². The van der Waals surface area contributed by atoms with Crippen molar-refractivity contribution in [1.82, 2.24) is 20.1 Å². The van der Waals surface area contributed by atoms with E-state index in [-0.39, 0.29) is 6.61 Å². The number of aryl methyl sites for hydroxylation is 2. The molecule has 1 atom stereocenters. The minimum absolute atomic E-state index is 0.268. The second-order valence-electron chi connectivity index (χ2n) is 5.90. The highest BCUT2D eigenvalue weighted by atomic mass is 16.5. The zero-order valence-corrected chi connectivity index (χ0v) is 12.9. The Hall–Kier alpha value is -1.80. The molecule has 1 aromatic rings. The number of piperazine rings is 1. The maximum absolute atomic E-state index is 11.7. The Bertz CT molecular complexity index is 566. The molecule has 0 saturated carbocycles. The molecule has 2 aliphatic rings. The van der Waals surface area contributed by atoms with Gasteiger partial charge >= 0.3 is 5.97 Å². The van der Waals surface area contributed by atoms with E-state index in [1.54, 1.807) is 0 Å². The van der Waals surface area contributed by atoms with Crippen LogP contribution in [0.2, 0.25) is 0 Å². The number of ether oxygens (including phenoxy) is 1. The number of carboxylic acid groups (broad SMARTS) is 1. The standard InChI is InChI=1S/C14H21N5O3/c1-10-11(2)16-17-13(15-10)18-4-6-19(7-5-18)14(12(20)21)3-8-22-9-14/h3-9H2,1-2H3,(H,20,21). The van der Waals surface area contributed by atoms with Crippen molar-refractivity contribution in [1.29, 1.82) is 0 Å². The maximum Gasteiger partial charge on any atom is 0.326 e. The minimum atomic E-state index is -0.867. The summed E-state index contributed by atoms with van der Waals surface area (Å²) in [5.41, 5.74) is 0.836. The van der Waals surface area contributed by atoms with Gasteiger partial charge in [-0.05, 0) is 13.8 Å². The first kappa shape index (κ1) is 15.1. The van der Waals surface area contributed by atoms with Crippen LogP contribution in [0.1, 0.15) is 17.8 Å². The van der Waals surface area contributed by atoms with Gasteiger partial charge in [-0.25, -0.2) is 4.98 Å². The van der Waals surface area contributed by atoms with E-state index in [1.165, 1.54) is 0 Å². The van der Waals surface area contributed by atoms with E-state index in [9.17, 15) is 9.90 Å². The first-order chi connectivity index (χ1) is 10.5. The molecule has 2 fully saturated rings. The first-order valence-electron chi connectivity index (χ1n) is 7.52. The van der Waals surface area contributed by atoms with Gasteiger partial charge in [0.05, 0.1) is 18.0 Å². The monoisotopic (exact) mass is 307 g/mol. The molecule has 2 saturated heterocycles. The fraction of sp³-hybridized carbons (Fsp3) is 0.714. The SMILES string of the molecule is Cc1nnc(N2CCN(C3(C(=O)O)CCOC3)CC2)nc1C. The van der Waals surface area contributed by atoms with Crippen LogP contribution in [0.3, 0.4) is 0 Å². The lowest BCUT2D eigenvalue weighted by Gasteiger charge is -2.42. The van der Waals surface area contributed by atoms with Gasteiger partial charge in [-0.3, -0.25) is 9.69 Å². The van der Waals surface area contributed by atoms with Crippen LogP contribution in [0.5, 0.6) is 0 Å². The zero-order valence-electron chi connectivity index (χ0n) is 12.9. The minimum Gasteiger partial charge on any atom is -0.480 e. The van der Waals surface area contributed by atoms with Crippen LogP contribution in [-0.4, -0.2) is 76.1 Å². The number of carbonyl (C=O) groups is 1. The predicted octanol–water partition coefficient (Wildman–Crippen LogP) is -0.146. The smallest absolute Gasteiger partial charge is 0.326 e. The molecule has 8 nitrogen and oxygen atoms in total. The average Bonchev–Trinajstić information content (AvgIpc) is 3.01. The van der Waals surface area contributed by atoms with Crippen LogP contribution in [0.4, 0.5) is 5.95 Å². The third kappa shape index (κ3) is 2.52. The van der Waals surface area contributed by atoms with Gasteiger partial charge in [0.15, 0.2) is 0 Å². The molecule has 2 aliphatic heterocycles. The fourth-order valence-corrected chi connectivity index (χ4v) is 3.02. The molecular weight excluding hydrogens is 286 g/mol. The number of rotatable bonds is 3. The van der Waals surface area contributed by atoms with E-state index < -0.39 is 11.5 Å². The first-order valence-corrected chi connectivity index (χ1v) is 7.52. The van der Waals surface area contributed by atoms with Crippen LogP contribution in [0.25, 0.3) is 0 Å². The topological polar surface area (TPSA) is 91.7 Å². The Balaban J connectivity index is 1.69. The molecule has 0 aliphatic carbocycles. The van der Waals surface area contributed by atoms with Gasteiger partial charge in [-0.1, -0.05) is 0 Å². The molecule has 1 N–H and O–H groups in total. The third-order valence-electron chi connectivity index (χ3n) is 4.65. The lowest BCUT2D eigenvalue weighted by Crippen LogP contribution is -2.61. The van der Waals surface area contributed by atoms with E-state index in [1.807, 2.05) is 18.7 Å². The van der Waals surface area contributed by atoms with Crippen LogP contribution < -0.4 is 4.90 Å². The molecule has 1 aromatic heterocycles. The van der Waals surface area contributed by atoms with Gasteiger partial charge in [0.2, 0.25) is 5.95 Å². The quantitative estimate of drug-likeness (QED) is 0.824. The molecule has 8 heteroatoms. The largest absolute Gasteiger partial charge is 0.480 e. The number of nitrogens with zero attached hydrogens (tertiary/aromatic N) is 5. The number of hydrogen-bond acceptors (Lipinski definition) is 7. The lowest BCUT2D eigenvalue weighted by atomic mass is 9.95. The second-order valence-corrected chi connectivity index (χ2v) is 5.90. The highest BCUT2D eigenvalue weighted by Crippen LogP contribution is 2.28. The van der Waals surface area contributed by atoms with Crippen molar-refractivity contribution in [2.24, 2.45) is 0 Å². The summed E-state index contributed by atoms with van der Waals surface area (Å²) >= 11 is 0. The summed E-state index contributed by atoms with van der Waals surface area (Å²) in [5.74, 6) is -0.169. The average molecular weight is 307 g/mol. The molecule has 3 rings (SSSR count). The van der Waals surface area contributed by atoms with E-state index in [0.717, 1.165) is 11.4 Å². The van der Waals surface area contributed by atoms with Gasteiger partial charge in [-0.2, -0.15) is 5.10 Å². The Morgan fingerprint density at radius 1 is 1.18 bits per heavy atom. The zero-order chi connectivity index (χ0) is 15.7. The van der Waals surface area contributed by atoms with E-state index in [0.29, 0.717) is 45.2 Å². The third-order valence-corrected chi connectivity index (χ3v) is 4.65. The summed E-state index contributed by atoms with van der Waals surface area (Å²) in [5, 5.41) is 17.8. The Labute approximate surface area is 129 Å². The summed E-state index contributed by atoms with van der Waals surface area (Å²) < 4.78 is 5.34. The summed E-state index contributed by atoms with van der Waals surface area (Å²) in [6.45, 7) is 7.28. The van der Waals surface area contributed by atoms with E-state index >= 15 is 0 Å². The molecule has 1 unspecified atom stereocenters. The summed E-state index contributed by atoms with van der Waals surface area (Å²) in [4.78, 5) is 20.2. The van der Waals surface area contributed by atoms with Crippen LogP contribution >= 0.6 is 0 Å². The molecule has 22 heavy (non-hydrogen) atoms. The van der Waals surface area contributed by atoms with Crippen molar-refractivity contribution in [3.63, 3.8) is 0 Å². The number of aromatic nitrogens is 3. The highest BCUT2D eigenvalue weighted by Gasteiger charge is 2.48. The van der Waals surface area contributed by atoms with Crippen molar-refractivity contribution in [2.75, 3.05) is 44.3 Å². The molecule has 120 valence electrons. The molecule has 0 radical (unpaired) electrons. The Morgan fingerprint density at radius 3 is 2.45 bits per heavy atom. The Kier molecular flexibility index (Phi) is 3.96. The molecule has 0 aromatic carbocycles. The van der Waals surface area contributed by atoms with Gasteiger partial charge < -0.3 is 14.7 Å². The molecule has 3 heterocycles. The maximum atomic E-state index is 11.7. The fourth-order valence-electron chi connectivity index (χ4n) is 3.02. The number of carboxylic acids is 1. The Morgan fingerprint density at radius 2 is 1.91 bits per heavy atom. The number of anilines is 1.